The van der Waals surface area contributed by atoms with Gasteiger partial charge < -0.3 is 33.5 Å². The molecule has 0 bridgehead atoms. The number of carboxylic acid groups (broad SMARTS) is 1. The molecule has 0 atom stereocenters. The summed E-state index contributed by atoms with van der Waals surface area (Å²) in [6, 6.07) is 59.6. The van der Waals surface area contributed by atoms with Gasteiger partial charge in [0.1, 0.15) is 17.2 Å². The summed E-state index contributed by atoms with van der Waals surface area (Å²) in [5.41, 5.74) is 7.39. The van der Waals surface area contributed by atoms with Gasteiger partial charge in [0.2, 0.25) is 5.75 Å². The van der Waals surface area contributed by atoms with Crippen molar-refractivity contribution in [2.75, 3.05) is 39.6 Å². The van der Waals surface area contributed by atoms with Crippen LogP contribution in [0.2, 0.25) is 0 Å². The van der Waals surface area contributed by atoms with Crippen LogP contribution in [0.4, 0.5) is 0 Å². The van der Waals surface area contributed by atoms with E-state index in [1.54, 1.807) is 12.1 Å². The van der Waals surface area contributed by atoms with Crippen LogP contribution < -0.4 is 28.4 Å². The standard InChI is InChI=1S/C73H90O8/c74-73(75)66-58-70(79-55-31-16-10-4-1-7-13-28-52-76-67-46-40-63(41-47-67)60-34-22-19-23-35-60)72(81-57-33-18-12-6-3-9-15-30-54-78-69-50-44-65(45-51-69)62-38-26-21-27-39-62)71(59-66)80-56-32-17-11-5-2-8-14-29-53-77-68-48-42-64(43-49-68)61-36-24-20-25-37-61/h19-27,34-51,58-59H,1-18,28-33,52-57H2,(H,74,75). The number of rotatable bonds is 43. The first kappa shape index (κ1) is 61.4. The van der Waals surface area contributed by atoms with Gasteiger partial charge in [-0.25, -0.2) is 4.79 Å². The van der Waals surface area contributed by atoms with Crippen LogP contribution in [0.3, 0.4) is 0 Å². The van der Waals surface area contributed by atoms with Gasteiger partial charge in [-0.15, -0.1) is 0 Å². The van der Waals surface area contributed by atoms with Gasteiger partial charge in [-0.1, -0.05) is 243 Å². The lowest BCUT2D eigenvalue weighted by atomic mass is 10.1. The summed E-state index contributed by atoms with van der Waals surface area (Å²) in [6.45, 7) is 3.72. The smallest absolute Gasteiger partial charge is 0.335 e. The molecule has 7 aromatic carbocycles. The van der Waals surface area contributed by atoms with Crippen LogP contribution in [0.5, 0.6) is 34.5 Å². The Morgan fingerprint density at radius 3 is 0.741 bits per heavy atom. The van der Waals surface area contributed by atoms with Gasteiger partial charge in [0, 0.05) is 0 Å². The highest BCUT2D eigenvalue weighted by molar-refractivity contribution is 5.89. The number of hydrogen-bond donors (Lipinski definition) is 1. The molecular weight excluding hydrogens is 1000 g/mol. The lowest BCUT2D eigenvalue weighted by Gasteiger charge is -2.18. The predicted molar refractivity (Wildman–Crippen MR) is 333 cm³/mol. The van der Waals surface area contributed by atoms with Crippen molar-refractivity contribution in [1.82, 2.24) is 0 Å². The van der Waals surface area contributed by atoms with Crippen molar-refractivity contribution in [3.05, 3.63) is 181 Å². The summed E-state index contributed by atoms with van der Waals surface area (Å²) < 4.78 is 37.2. The number of ether oxygens (including phenoxy) is 6. The Labute approximate surface area is 485 Å². The van der Waals surface area contributed by atoms with Gasteiger partial charge in [0.05, 0.1) is 45.2 Å². The Kier molecular flexibility index (Phi) is 28.6. The molecule has 0 radical (unpaired) electrons. The van der Waals surface area contributed by atoms with Crippen LogP contribution >= 0.6 is 0 Å². The van der Waals surface area contributed by atoms with Crippen LogP contribution in [0, 0.1) is 0 Å². The van der Waals surface area contributed by atoms with E-state index >= 15 is 0 Å². The van der Waals surface area contributed by atoms with Crippen molar-refractivity contribution in [2.24, 2.45) is 0 Å². The normalized spacial score (nSPS) is 11.1. The number of aromatic carboxylic acids is 1. The largest absolute Gasteiger partial charge is 0.494 e. The maximum absolute atomic E-state index is 12.4. The Morgan fingerprint density at radius 1 is 0.259 bits per heavy atom. The molecule has 0 aliphatic rings. The van der Waals surface area contributed by atoms with Crippen LogP contribution in [0.1, 0.15) is 164 Å². The van der Waals surface area contributed by atoms with E-state index in [9.17, 15) is 9.90 Å². The highest BCUT2D eigenvalue weighted by atomic mass is 16.5. The molecule has 0 saturated carbocycles. The molecule has 0 heterocycles. The molecular formula is C73H90O8. The van der Waals surface area contributed by atoms with E-state index in [0.29, 0.717) is 37.1 Å². The van der Waals surface area contributed by atoms with E-state index < -0.39 is 5.97 Å². The number of unbranched alkanes of at least 4 members (excludes halogenated alkanes) is 21. The van der Waals surface area contributed by atoms with E-state index in [-0.39, 0.29) is 5.56 Å². The summed E-state index contributed by atoms with van der Waals surface area (Å²) in [7, 11) is 0. The zero-order valence-electron chi connectivity index (χ0n) is 48.3. The Bertz CT molecular complexity index is 2600. The van der Waals surface area contributed by atoms with E-state index in [2.05, 4.69) is 146 Å². The van der Waals surface area contributed by atoms with E-state index in [1.165, 1.54) is 91.2 Å². The van der Waals surface area contributed by atoms with Crippen LogP contribution in [-0.4, -0.2) is 50.7 Å². The zero-order chi connectivity index (χ0) is 56.0. The maximum atomic E-state index is 12.4. The lowest BCUT2D eigenvalue weighted by Crippen LogP contribution is -2.08. The fraction of sp³-hybridized carbons (Fsp3) is 0.411. The van der Waals surface area contributed by atoms with E-state index in [0.717, 1.165) is 133 Å². The molecule has 0 amide bonds. The van der Waals surface area contributed by atoms with E-state index in [4.69, 9.17) is 28.4 Å². The third-order valence-electron chi connectivity index (χ3n) is 14.8. The minimum absolute atomic E-state index is 0.147. The first-order valence-electron chi connectivity index (χ1n) is 30.7. The minimum atomic E-state index is -1.01. The van der Waals surface area contributed by atoms with Crippen molar-refractivity contribution in [2.45, 2.75) is 154 Å². The topological polar surface area (TPSA) is 92.7 Å². The SMILES string of the molecule is O=C(O)c1cc(OCCCCCCCCCCOc2ccc(-c3ccccc3)cc2)c(OCCCCCCCCCCOc2ccc(-c3ccccc3)cc2)c(OCCCCCCCCCCOc2ccc(-c3ccccc3)cc2)c1. The number of benzene rings is 7. The summed E-state index contributed by atoms with van der Waals surface area (Å²) in [4.78, 5) is 12.4. The molecule has 7 rings (SSSR count). The molecule has 0 aliphatic heterocycles. The van der Waals surface area contributed by atoms with Gasteiger partial charge >= 0.3 is 5.97 Å². The fourth-order valence-corrected chi connectivity index (χ4v) is 10.1. The number of carboxylic acids is 1. The molecule has 0 aromatic heterocycles. The summed E-state index contributed by atoms with van der Waals surface area (Å²) in [5, 5.41) is 10.1. The van der Waals surface area contributed by atoms with Gasteiger partial charge in [-0.2, -0.15) is 0 Å². The maximum Gasteiger partial charge on any atom is 0.335 e. The molecule has 1 N–H and O–H groups in total. The monoisotopic (exact) mass is 1090 g/mol. The summed E-state index contributed by atoms with van der Waals surface area (Å²) in [6.07, 6.45) is 26.7. The average molecular weight is 1100 g/mol. The number of hydrogen-bond acceptors (Lipinski definition) is 7. The Hall–Kier alpha value is -7.19. The second-order valence-electron chi connectivity index (χ2n) is 21.4. The van der Waals surface area contributed by atoms with Crippen LogP contribution in [-0.2, 0) is 0 Å². The first-order valence-corrected chi connectivity index (χ1v) is 30.7. The quantitative estimate of drug-likeness (QED) is 0.0378. The van der Waals surface area contributed by atoms with Gasteiger partial charge in [0.25, 0.3) is 0 Å². The minimum Gasteiger partial charge on any atom is -0.494 e. The Balaban J connectivity index is 0.763. The summed E-state index contributed by atoms with van der Waals surface area (Å²) >= 11 is 0. The second-order valence-corrected chi connectivity index (χ2v) is 21.4. The molecule has 430 valence electrons. The molecule has 81 heavy (non-hydrogen) atoms. The van der Waals surface area contributed by atoms with Crippen molar-refractivity contribution in [3.63, 3.8) is 0 Å². The molecule has 0 aliphatic carbocycles. The van der Waals surface area contributed by atoms with Gasteiger partial charge in [0.15, 0.2) is 11.5 Å². The summed E-state index contributed by atoms with van der Waals surface area (Å²) in [5.74, 6) is 3.20. The van der Waals surface area contributed by atoms with Crippen molar-refractivity contribution >= 4 is 5.97 Å². The lowest BCUT2D eigenvalue weighted by molar-refractivity contribution is 0.0695. The van der Waals surface area contributed by atoms with E-state index in [1.807, 2.05) is 18.2 Å². The van der Waals surface area contributed by atoms with Gasteiger partial charge in [-0.3, -0.25) is 0 Å². The highest BCUT2D eigenvalue weighted by Crippen LogP contribution is 2.40. The molecule has 7 aromatic rings. The zero-order valence-corrected chi connectivity index (χ0v) is 48.3. The third-order valence-corrected chi connectivity index (χ3v) is 14.8. The molecule has 8 nitrogen and oxygen atoms in total. The van der Waals surface area contributed by atoms with Crippen LogP contribution in [0.15, 0.2) is 176 Å². The number of carbonyl (C=O) groups is 1. The van der Waals surface area contributed by atoms with Crippen molar-refractivity contribution < 1.29 is 38.3 Å². The first-order chi connectivity index (χ1) is 40.1. The molecule has 0 unspecified atom stereocenters. The van der Waals surface area contributed by atoms with Crippen molar-refractivity contribution in [1.29, 1.82) is 0 Å². The predicted octanol–water partition coefficient (Wildman–Crippen LogP) is 20.1. The molecule has 0 fully saturated rings. The Morgan fingerprint density at radius 2 is 0.481 bits per heavy atom. The van der Waals surface area contributed by atoms with Crippen molar-refractivity contribution in [3.8, 4) is 67.9 Å². The van der Waals surface area contributed by atoms with Crippen LogP contribution in [0.25, 0.3) is 33.4 Å². The van der Waals surface area contributed by atoms with Gasteiger partial charge in [-0.05, 0) is 120 Å². The second kappa shape index (κ2) is 37.7. The highest BCUT2D eigenvalue weighted by Gasteiger charge is 2.19. The fourth-order valence-electron chi connectivity index (χ4n) is 10.1. The average Bonchev–Trinajstić information content (AvgIpc) is 3.52. The molecule has 8 heteroatoms. The molecule has 0 spiro atoms. The third kappa shape index (κ3) is 23.8. The molecule has 0 saturated heterocycles.